The highest BCUT2D eigenvalue weighted by Crippen LogP contribution is 2.48. The fourth-order valence-electron chi connectivity index (χ4n) is 6.13. The predicted molar refractivity (Wildman–Crippen MR) is 127 cm³/mol. The van der Waals surface area contributed by atoms with Crippen LogP contribution in [0.4, 0.5) is 0 Å². The Morgan fingerprint density at radius 1 is 1.03 bits per heavy atom. The Morgan fingerprint density at radius 3 is 2.44 bits per heavy atom. The quantitative estimate of drug-likeness (QED) is 0.558. The number of ether oxygens (including phenoxy) is 1. The summed E-state index contributed by atoms with van der Waals surface area (Å²) in [4.78, 5) is 28.9. The van der Waals surface area contributed by atoms with Gasteiger partial charge in [0.2, 0.25) is 11.8 Å². The molecule has 4 unspecified atom stereocenters. The lowest BCUT2D eigenvalue weighted by molar-refractivity contribution is -0.147. The van der Waals surface area contributed by atoms with Crippen molar-refractivity contribution < 1.29 is 24.5 Å². The summed E-state index contributed by atoms with van der Waals surface area (Å²) in [6, 6.07) is 7.04. The first-order valence-corrected chi connectivity index (χ1v) is 13.0. The molecule has 34 heavy (non-hydrogen) atoms. The molecule has 4 atom stereocenters. The summed E-state index contributed by atoms with van der Waals surface area (Å²) >= 11 is 0. The number of carbonyl (C=O) groups excluding carboxylic acids is 2. The molecule has 5 rings (SSSR count). The molecule has 1 aromatic carbocycles. The van der Waals surface area contributed by atoms with Crippen LogP contribution in [0.5, 0.6) is 5.75 Å². The van der Waals surface area contributed by atoms with E-state index in [-0.39, 0.29) is 36.9 Å². The SMILES string of the molecule is O=C(NCCO)C1=CC(N(C(=O)C2CCC2)C2CCCCCC2)C(O)C2Oc3ccccc3C12. The fourth-order valence-corrected chi connectivity index (χ4v) is 6.13. The summed E-state index contributed by atoms with van der Waals surface area (Å²) in [6.07, 6.45) is 9.45. The summed E-state index contributed by atoms with van der Waals surface area (Å²) in [5, 5.41) is 23.7. The lowest BCUT2D eigenvalue weighted by Crippen LogP contribution is -2.59. The second-order valence-electron chi connectivity index (χ2n) is 10.2. The van der Waals surface area contributed by atoms with Gasteiger partial charge in [0.25, 0.3) is 0 Å². The molecule has 0 spiro atoms. The van der Waals surface area contributed by atoms with E-state index in [0.29, 0.717) is 11.3 Å². The molecule has 1 heterocycles. The molecule has 7 heteroatoms. The summed E-state index contributed by atoms with van der Waals surface area (Å²) in [5.74, 6) is 0.107. The van der Waals surface area contributed by atoms with Crippen molar-refractivity contribution >= 4 is 11.8 Å². The van der Waals surface area contributed by atoms with E-state index in [2.05, 4.69) is 5.32 Å². The molecule has 0 saturated heterocycles. The van der Waals surface area contributed by atoms with Crippen molar-refractivity contribution in [3.8, 4) is 5.75 Å². The van der Waals surface area contributed by atoms with Gasteiger partial charge in [-0.15, -0.1) is 0 Å². The molecule has 0 bridgehead atoms. The number of nitrogens with zero attached hydrogens (tertiary/aromatic N) is 1. The van der Waals surface area contributed by atoms with E-state index < -0.39 is 24.2 Å². The summed E-state index contributed by atoms with van der Waals surface area (Å²) in [6.45, 7) is -0.00273. The van der Waals surface area contributed by atoms with Gasteiger partial charge < -0.3 is 25.2 Å². The van der Waals surface area contributed by atoms with Crippen LogP contribution in [0.1, 0.15) is 69.3 Å². The van der Waals surface area contributed by atoms with E-state index in [9.17, 15) is 19.8 Å². The molecule has 184 valence electrons. The number of benzene rings is 1. The van der Waals surface area contributed by atoms with E-state index in [1.54, 1.807) is 0 Å². The van der Waals surface area contributed by atoms with Crippen LogP contribution < -0.4 is 10.1 Å². The van der Waals surface area contributed by atoms with Gasteiger partial charge in [0.15, 0.2) is 0 Å². The molecule has 1 aromatic rings. The highest BCUT2D eigenvalue weighted by Gasteiger charge is 2.52. The predicted octanol–water partition coefficient (Wildman–Crippen LogP) is 2.66. The number of amides is 2. The van der Waals surface area contributed by atoms with E-state index in [1.165, 1.54) is 12.8 Å². The van der Waals surface area contributed by atoms with Crippen molar-refractivity contribution in [1.82, 2.24) is 10.2 Å². The Bertz CT molecular complexity index is 935. The molecule has 4 aliphatic rings. The van der Waals surface area contributed by atoms with Crippen LogP contribution >= 0.6 is 0 Å². The number of hydrogen-bond donors (Lipinski definition) is 3. The molecule has 7 nitrogen and oxygen atoms in total. The van der Waals surface area contributed by atoms with Gasteiger partial charge in [0.1, 0.15) is 18.0 Å². The number of para-hydroxylation sites is 1. The third-order valence-corrected chi connectivity index (χ3v) is 8.13. The average Bonchev–Trinajstić information content (AvgIpc) is 2.99. The maximum Gasteiger partial charge on any atom is 0.247 e. The number of rotatable bonds is 6. The van der Waals surface area contributed by atoms with Gasteiger partial charge in [-0.3, -0.25) is 9.59 Å². The highest BCUT2D eigenvalue weighted by atomic mass is 16.5. The van der Waals surface area contributed by atoms with Crippen LogP contribution in [0, 0.1) is 5.92 Å². The maximum absolute atomic E-state index is 13.8. The lowest BCUT2D eigenvalue weighted by Gasteiger charge is -2.46. The number of fused-ring (bicyclic) bond motifs is 3. The van der Waals surface area contributed by atoms with E-state index in [0.717, 1.165) is 50.5 Å². The first-order valence-electron chi connectivity index (χ1n) is 13.0. The van der Waals surface area contributed by atoms with Gasteiger partial charge in [-0.2, -0.15) is 0 Å². The highest BCUT2D eigenvalue weighted by molar-refractivity contribution is 5.96. The number of hydrogen-bond acceptors (Lipinski definition) is 5. The van der Waals surface area contributed by atoms with Crippen LogP contribution in [0.25, 0.3) is 0 Å². The third kappa shape index (κ3) is 4.24. The summed E-state index contributed by atoms with van der Waals surface area (Å²) in [7, 11) is 0. The molecule has 3 N–H and O–H groups in total. The Balaban J connectivity index is 1.54. The van der Waals surface area contributed by atoms with Gasteiger partial charge in [-0.1, -0.05) is 50.3 Å². The van der Waals surface area contributed by atoms with Crippen molar-refractivity contribution in [2.75, 3.05) is 13.2 Å². The standard InChI is InChI=1S/C27H36N2O5/c30-15-14-28-26(32)20-16-21(24(31)25-23(20)19-12-5-6-13-22(19)34-25)29(27(33)17-8-7-9-17)18-10-3-1-2-4-11-18/h5-6,12-13,16-18,21,23-25,30-31H,1-4,7-11,14-15H2,(H,28,32). The van der Waals surface area contributed by atoms with Crippen molar-refractivity contribution in [1.29, 1.82) is 0 Å². The number of aliphatic hydroxyl groups excluding tert-OH is 2. The lowest BCUT2D eigenvalue weighted by atomic mass is 9.76. The maximum atomic E-state index is 13.8. The Labute approximate surface area is 201 Å². The second kappa shape index (κ2) is 10.1. The van der Waals surface area contributed by atoms with Crippen LogP contribution in [0.3, 0.4) is 0 Å². The first-order chi connectivity index (χ1) is 16.6. The van der Waals surface area contributed by atoms with Crippen LogP contribution in [0.15, 0.2) is 35.9 Å². The minimum atomic E-state index is -0.931. The van der Waals surface area contributed by atoms with Crippen LogP contribution in [-0.4, -0.2) is 64.4 Å². The molecule has 1 aliphatic heterocycles. The zero-order valence-electron chi connectivity index (χ0n) is 19.7. The molecule has 2 fully saturated rings. The Morgan fingerprint density at radius 2 is 1.76 bits per heavy atom. The minimum Gasteiger partial charge on any atom is -0.486 e. The molecule has 0 radical (unpaired) electrons. The van der Waals surface area contributed by atoms with Crippen molar-refractivity contribution in [2.24, 2.45) is 5.92 Å². The fraction of sp³-hybridized carbons (Fsp3) is 0.630. The molecular weight excluding hydrogens is 432 g/mol. The summed E-state index contributed by atoms with van der Waals surface area (Å²) < 4.78 is 6.22. The number of carbonyl (C=O) groups is 2. The average molecular weight is 469 g/mol. The molecule has 2 saturated carbocycles. The smallest absolute Gasteiger partial charge is 0.247 e. The van der Waals surface area contributed by atoms with Gasteiger partial charge >= 0.3 is 0 Å². The van der Waals surface area contributed by atoms with Gasteiger partial charge in [-0.05, 0) is 37.8 Å². The zero-order valence-corrected chi connectivity index (χ0v) is 19.7. The van der Waals surface area contributed by atoms with Gasteiger partial charge in [0, 0.05) is 29.6 Å². The number of aliphatic hydroxyl groups is 2. The van der Waals surface area contributed by atoms with E-state index in [4.69, 9.17) is 4.74 Å². The largest absolute Gasteiger partial charge is 0.486 e. The van der Waals surface area contributed by atoms with Crippen LogP contribution in [0.2, 0.25) is 0 Å². The van der Waals surface area contributed by atoms with E-state index >= 15 is 0 Å². The topological polar surface area (TPSA) is 99.1 Å². The van der Waals surface area contributed by atoms with Crippen molar-refractivity contribution in [3.05, 3.63) is 41.5 Å². The molecule has 0 aromatic heterocycles. The molecular formula is C27H36N2O5. The summed E-state index contributed by atoms with van der Waals surface area (Å²) in [5.41, 5.74) is 1.39. The van der Waals surface area contributed by atoms with Crippen molar-refractivity contribution in [3.63, 3.8) is 0 Å². The van der Waals surface area contributed by atoms with Crippen molar-refractivity contribution in [2.45, 2.75) is 88.0 Å². The van der Waals surface area contributed by atoms with Crippen LogP contribution in [-0.2, 0) is 9.59 Å². The minimum absolute atomic E-state index is 0.00920. The van der Waals surface area contributed by atoms with Gasteiger partial charge in [-0.25, -0.2) is 0 Å². The Kier molecular flexibility index (Phi) is 6.93. The zero-order chi connectivity index (χ0) is 23.7. The normalized spacial score (nSPS) is 29.1. The van der Waals surface area contributed by atoms with Gasteiger partial charge in [0.05, 0.1) is 18.6 Å². The molecule has 2 amide bonds. The second-order valence-corrected chi connectivity index (χ2v) is 10.2. The third-order valence-electron chi connectivity index (χ3n) is 8.13. The molecule has 3 aliphatic carbocycles. The Hall–Kier alpha value is -2.38. The van der Waals surface area contributed by atoms with E-state index in [1.807, 2.05) is 35.2 Å². The number of nitrogens with one attached hydrogen (secondary N) is 1. The monoisotopic (exact) mass is 468 g/mol. The first kappa shape index (κ1) is 23.4.